The van der Waals surface area contributed by atoms with E-state index < -0.39 is 17.3 Å². The molecule has 1 aromatic rings. The largest absolute Gasteiger partial charge is 0.508 e. The van der Waals surface area contributed by atoms with Gasteiger partial charge < -0.3 is 16.2 Å². The Balaban J connectivity index is 2.15. The Morgan fingerprint density at radius 3 is 2.63 bits per heavy atom. The van der Waals surface area contributed by atoms with Crippen molar-refractivity contribution in [3.63, 3.8) is 0 Å². The topological polar surface area (TPSA) is 75.3 Å². The third-order valence-electron chi connectivity index (χ3n) is 3.78. The Morgan fingerprint density at radius 1 is 1.37 bits per heavy atom. The van der Waals surface area contributed by atoms with Gasteiger partial charge in [-0.2, -0.15) is 0 Å². The van der Waals surface area contributed by atoms with Crippen LogP contribution in [0.25, 0.3) is 0 Å². The van der Waals surface area contributed by atoms with Crippen LogP contribution >= 0.6 is 0 Å². The summed E-state index contributed by atoms with van der Waals surface area (Å²) in [6.45, 7) is 0.360. The Bertz CT molecular complexity index is 471. The van der Waals surface area contributed by atoms with Crippen LogP contribution in [-0.4, -0.2) is 23.1 Å². The van der Waals surface area contributed by atoms with Crippen molar-refractivity contribution in [3.8, 4) is 5.75 Å². The number of aromatic hydroxyl groups is 1. The molecule has 4 nitrogen and oxygen atoms in total. The van der Waals surface area contributed by atoms with E-state index >= 15 is 0 Å². The Hall–Kier alpha value is -1.62. The lowest BCUT2D eigenvalue weighted by molar-refractivity contribution is 0.0870. The molecule has 1 saturated carbocycles. The second-order valence-electron chi connectivity index (χ2n) is 5.16. The molecule has 4 N–H and O–H groups in total. The molecule has 0 saturated heterocycles. The first-order valence-corrected chi connectivity index (χ1v) is 6.57. The Morgan fingerprint density at radius 2 is 2.05 bits per heavy atom. The molecule has 1 aliphatic carbocycles. The highest BCUT2D eigenvalue weighted by Gasteiger charge is 2.32. The maximum Gasteiger partial charge on any atom is 0.254 e. The van der Waals surface area contributed by atoms with Crippen LogP contribution in [0, 0.1) is 5.82 Å². The number of phenolic OH excluding ortho intramolecular Hbond substituents is 1. The van der Waals surface area contributed by atoms with E-state index in [2.05, 4.69) is 5.32 Å². The van der Waals surface area contributed by atoms with Crippen molar-refractivity contribution in [2.75, 3.05) is 6.54 Å². The number of hydrogen-bond acceptors (Lipinski definition) is 3. The summed E-state index contributed by atoms with van der Waals surface area (Å²) in [6, 6.07) is 3.52. The van der Waals surface area contributed by atoms with E-state index in [9.17, 15) is 9.18 Å². The fraction of sp³-hybridized carbons (Fsp3) is 0.500. The summed E-state index contributed by atoms with van der Waals surface area (Å²) in [5.41, 5.74) is 5.30. The third-order valence-corrected chi connectivity index (χ3v) is 3.78. The molecule has 0 spiro atoms. The summed E-state index contributed by atoms with van der Waals surface area (Å²) in [5.74, 6) is -1.38. The molecule has 5 heteroatoms. The molecule has 1 aliphatic rings. The zero-order valence-electron chi connectivity index (χ0n) is 10.8. The van der Waals surface area contributed by atoms with Gasteiger partial charge in [0, 0.05) is 12.6 Å². The standard InChI is InChI=1S/C14H19FN2O2/c15-12-8-10(18)4-5-11(12)13(19)17-14(9-16)6-2-1-3-7-14/h4-5,8,18H,1-3,6-7,9,16H2,(H,17,19). The summed E-state index contributed by atoms with van der Waals surface area (Å²) in [6.07, 6.45) is 4.85. The fourth-order valence-corrected chi connectivity index (χ4v) is 2.61. The van der Waals surface area contributed by atoms with Crippen LogP contribution in [0.3, 0.4) is 0 Å². The monoisotopic (exact) mass is 266 g/mol. The number of carbonyl (C=O) groups is 1. The molecule has 104 valence electrons. The van der Waals surface area contributed by atoms with Crippen molar-refractivity contribution >= 4 is 5.91 Å². The van der Waals surface area contributed by atoms with Gasteiger partial charge in [-0.15, -0.1) is 0 Å². The molecule has 0 radical (unpaired) electrons. The molecule has 0 aromatic heterocycles. The van der Waals surface area contributed by atoms with E-state index in [1.165, 1.54) is 12.1 Å². The molecule has 0 aliphatic heterocycles. The van der Waals surface area contributed by atoms with Crippen molar-refractivity contribution in [2.24, 2.45) is 5.73 Å². The number of halogens is 1. The lowest BCUT2D eigenvalue weighted by Crippen LogP contribution is -2.54. The number of nitrogens with one attached hydrogen (secondary N) is 1. The molecule has 1 aromatic carbocycles. The molecule has 0 bridgehead atoms. The van der Waals surface area contributed by atoms with Gasteiger partial charge in [-0.3, -0.25) is 4.79 Å². The maximum atomic E-state index is 13.6. The minimum atomic E-state index is -0.722. The van der Waals surface area contributed by atoms with Crippen LogP contribution in [0.15, 0.2) is 18.2 Å². The van der Waals surface area contributed by atoms with Crippen LogP contribution in [-0.2, 0) is 0 Å². The zero-order valence-corrected chi connectivity index (χ0v) is 10.8. The zero-order chi connectivity index (χ0) is 13.9. The van der Waals surface area contributed by atoms with Crippen molar-refractivity contribution in [1.82, 2.24) is 5.32 Å². The summed E-state index contributed by atoms with van der Waals surface area (Å²) in [4.78, 5) is 12.1. The van der Waals surface area contributed by atoms with Gasteiger partial charge in [0.05, 0.1) is 11.1 Å². The van der Waals surface area contributed by atoms with Crippen LogP contribution in [0.1, 0.15) is 42.5 Å². The van der Waals surface area contributed by atoms with E-state index in [1.807, 2.05) is 0 Å². The van der Waals surface area contributed by atoms with Crippen LogP contribution in [0.2, 0.25) is 0 Å². The number of benzene rings is 1. The number of amides is 1. The van der Waals surface area contributed by atoms with Gasteiger partial charge in [0.15, 0.2) is 0 Å². The van der Waals surface area contributed by atoms with Crippen molar-refractivity contribution in [1.29, 1.82) is 0 Å². The van der Waals surface area contributed by atoms with Crippen molar-refractivity contribution in [3.05, 3.63) is 29.6 Å². The van der Waals surface area contributed by atoms with Gasteiger partial charge in [-0.1, -0.05) is 19.3 Å². The minimum Gasteiger partial charge on any atom is -0.508 e. The highest BCUT2D eigenvalue weighted by atomic mass is 19.1. The molecular weight excluding hydrogens is 247 g/mol. The number of rotatable bonds is 3. The highest BCUT2D eigenvalue weighted by Crippen LogP contribution is 2.28. The average molecular weight is 266 g/mol. The lowest BCUT2D eigenvalue weighted by atomic mass is 9.81. The van der Waals surface area contributed by atoms with Crippen LogP contribution < -0.4 is 11.1 Å². The predicted molar refractivity (Wildman–Crippen MR) is 70.4 cm³/mol. The summed E-state index contributed by atoms with van der Waals surface area (Å²) in [5, 5.41) is 12.0. The quantitative estimate of drug-likeness (QED) is 0.782. The molecule has 19 heavy (non-hydrogen) atoms. The Kier molecular flexibility index (Phi) is 4.04. The van der Waals surface area contributed by atoms with Gasteiger partial charge in [-0.05, 0) is 25.0 Å². The predicted octanol–water partition coefficient (Wildman–Crippen LogP) is 1.92. The lowest BCUT2D eigenvalue weighted by Gasteiger charge is -2.37. The molecule has 1 amide bonds. The summed E-state index contributed by atoms with van der Waals surface area (Å²) in [7, 11) is 0. The average Bonchev–Trinajstić information content (AvgIpc) is 2.39. The van der Waals surface area contributed by atoms with Crippen molar-refractivity contribution < 1.29 is 14.3 Å². The highest BCUT2D eigenvalue weighted by molar-refractivity contribution is 5.95. The third kappa shape index (κ3) is 3.04. The molecular formula is C14H19FN2O2. The molecule has 0 heterocycles. The van der Waals surface area contributed by atoms with Crippen molar-refractivity contribution in [2.45, 2.75) is 37.6 Å². The van der Waals surface area contributed by atoms with Crippen LogP contribution in [0.4, 0.5) is 4.39 Å². The number of phenols is 1. The molecule has 2 rings (SSSR count). The van der Waals surface area contributed by atoms with Gasteiger partial charge in [0.2, 0.25) is 0 Å². The fourth-order valence-electron chi connectivity index (χ4n) is 2.61. The molecule has 0 unspecified atom stereocenters. The Labute approximate surface area is 111 Å². The molecule has 1 fully saturated rings. The smallest absolute Gasteiger partial charge is 0.254 e. The van der Waals surface area contributed by atoms with E-state index in [1.54, 1.807) is 0 Å². The second kappa shape index (κ2) is 5.57. The minimum absolute atomic E-state index is 0.0591. The SMILES string of the molecule is NCC1(NC(=O)c2ccc(O)cc2F)CCCCC1. The number of hydrogen-bond donors (Lipinski definition) is 3. The van der Waals surface area contributed by atoms with Gasteiger partial charge in [0.25, 0.3) is 5.91 Å². The first kappa shape index (κ1) is 13.8. The first-order valence-electron chi connectivity index (χ1n) is 6.57. The maximum absolute atomic E-state index is 13.6. The summed E-state index contributed by atoms with van der Waals surface area (Å²) >= 11 is 0. The van der Waals surface area contributed by atoms with E-state index in [-0.39, 0.29) is 11.3 Å². The van der Waals surface area contributed by atoms with Gasteiger partial charge >= 0.3 is 0 Å². The second-order valence-corrected chi connectivity index (χ2v) is 5.16. The van der Waals surface area contributed by atoms with E-state index in [0.717, 1.165) is 38.2 Å². The summed E-state index contributed by atoms with van der Waals surface area (Å²) < 4.78 is 13.6. The number of carbonyl (C=O) groups excluding carboxylic acids is 1. The van der Waals surface area contributed by atoms with E-state index in [4.69, 9.17) is 10.8 Å². The van der Waals surface area contributed by atoms with Crippen LogP contribution in [0.5, 0.6) is 5.75 Å². The normalized spacial score (nSPS) is 18.0. The van der Waals surface area contributed by atoms with E-state index in [0.29, 0.717) is 6.54 Å². The first-order chi connectivity index (χ1) is 9.06. The molecule has 0 atom stereocenters. The number of nitrogens with two attached hydrogens (primary N) is 1. The van der Waals surface area contributed by atoms with Gasteiger partial charge in [-0.25, -0.2) is 4.39 Å². The van der Waals surface area contributed by atoms with Gasteiger partial charge in [0.1, 0.15) is 11.6 Å².